The van der Waals surface area contributed by atoms with Gasteiger partial charge in [-0.15, -0.1) is 0 Å². The van der Waals surface area contributed by atoms with E-state index < -0.39 is 10.2 Å². The van der Waals surface area contributed by atoms with Gasteiger partial charge in [-0.05, 0) is 6.92 Å². The zero-order valence-corrected chi connectivity index (χ0v) is 9.17. The molecule has 0 heterocycles. The number of hydrogen-bond donors (Lipinski definition) is 0. The quantitative estimate of drug-likeness (QED) is 0.491. The van der Waals surface area contributed by atoms with Crippen LogP contribution in [0.4, 0.5) is 0 Å². The lowest BCUT2D eigenvalue weighted by Gasteiger charge is -2.22. The van der Waals surface area contributed by atoms with Crippen molar-refractivity contribution in [1.82, 2.24) is 8.61 Å². The Bertz CT molecular complexity index is 306. The van der Waals surface area contributed by atoms with Gasteiger partial charge in [0.2, 0.25) is 0 Å². The van der Waals surface area contributed by atoms with Crippen LogP contribution < -0.4 is 0 Å². The average molecular weight is 205 g/mol. The molecule has 0 aliphatic rings. The molecule has 0 unspecified atom stereocenters. The average Bonchev–Trinajstić information content (AvgIpc) is 2.03. The Morgan fingerprint density at radius 1 is 1.38 bits per heavy atom. The fourth-order valence-corrected chi connectivity index (χ4v) is 1.50. The summed E-state index contributed by atoms with van der Waals surface area (Å²) in [7, 11) is 0.963. The number of aliphatic imine (C=N–C) groups is 1. The van der Waals surface area contributed by atoms with Gasteiger partial charge in [0.15, 0.2) is 0 Å². The number of nitrogens with zero attached hydrogens (tertiary/aromatic N) is 3. The van der Waals surface area contributed by atoms with Gasteiger partial charge in [-0.2, -0.15) is 12.7 Å². The van der Waals surface area contributed by atoms with Crippen LogP contribution in [0.2, 0.25) is 0 Å². The molecule has 0 rings (SSSR count). The van der Waals surface area contributed by atoms with E-state index in [-0.39, 0.29) is 0 Å². The number of hydrogen-bond acceptors (Lipinski definition) is 3. The summed E-state index contributed by atoms with van der Waals surface area (Å²) < 4.78 is 25.2. The minimum absolute atomic E-state index is 0.378. The molecule has 5 nitrogen and oxygen atoms in total. The summed E-state index contributed by atoms with van der Waals surface area (Å²) in [5.41, 5.74) is 0. The SMILES string of the molecule is C=CN=C(C)N(C)S(=O)(=O)N(C)C. The first-order valence-corrected chi connectivity index (χ1v) is 5.05. The van der Waals surface area contributed by atoms with E-state index in [1.807, 2.05) is 0 Å². The van der Waals surface area contributed by atoms with Crippen LogP contribution >= 0.6 is 0 Å². The standard InChI is InChI=1S/C7H15N3O2S/c1-6-8-7(2)10(5)13(11,12)9(3)4/h6H,1H2,2-5H3. The molecule has 0 spiro atoms. The van der Waals surface area contributed by atoms with Gasteiger partial charge in [-0.3, -0.25) is 0 Å². The van der Waals surface area contributed by atoms with Crippen LogP contribution in [0.15, 0.2) is 17.8 Å². The van der Waals surface area contributed by atoms with Crippen molar-refractivity contribution in [3.05, 3.63) is 12.8 Å². The lowest BCUT2D eigenvalue weighted by atomic mass is 10.7. The van der Waals surface area contributed by atoms with Gasteiger partial charge in [0.05, 0.1) is 0 Å². The summed E-state index contributed by atoms with van der Waals surface area (Å²) in [5.74, 6) is 0.378. The van der Waals surface area contributed by atoms with Crippen molar-refractivity contribution in [2.75, 3.05) is 21.1 Å². The van der Waals surface area contributed by atoms with E-state index in [1.54, 1.807) is 6.92 Å². The maximum absolute atomic E-state index is 11.5. The fraction of sp³-hybridized carbons (Fsp3) is 0.571. The van der Waals surface area contributed by atoms with Crippen LogP contribution in [0.5, 0.6) is 0 Å². The van der Waals surface area contributed by atoms with Crippen molar-refractivity contribution in [2.24, 2.45) is 4.99 Å². The fourth-order valence-electron chi connectivity index (χ4n) is 0.625. The van der Waals surface area contributed by atoms with E-state index in [1.165, 1.54) is 27.3 Å². The van der Waals surface area contributed by atoms with Gasteiger partial charge in [-0.25, -0.2) is 9.30 Å². The molecule has 0 fully saturated rings. The first-order chi connectivity index (χ1) is 5.84. The highest BCUT2D eigenvalue weighted by Crippen LogP contribution is 2.02. The Kier molecular flexibility index (Phi) is 4.09. The van der Waals surface area contributed by atoms with Gasteiger partial charge in [0.1, 0.15) is 5.84 Å². The molecule has 76 valence electrons. The van der Waals surface area contributed by atoms with Crippen LogP contribution in [0.1, 0.15) is 6.92 Å². The first kappa shape index (κ1) is 12.1. The smallest absolute Gasteiger partial charge is 0.248 e. The lowest BCUT2D eigenvalue weighted by molar-refractivity contribution is 0.477. The van der Waals surface area contributed by atoms with E-state index in [2.05, 4.69) is 11.6 Å². The summed E-state index contributed by atoms with van der Waals surface area (Å²) in [6, 6.07) is 0. The zero-order chi connectivity index (χ0) is 10.6. The molecule has 0 aliphatic heterocycles. The van der Waals surface area contributed by atoms with E-state index in [0.717, 1.165) is 8.61 Å². The Labute approximate surface area is 79.6 Å². The third-order valence-electron chi connectivity index (χ3n) is 1.54. The molecule has 0 aromatic rings. The van der Waals surface area contributed by atoms with Crippen LogP contribution in [0, 0.1) is 0 Å². The molecule has 0 amide bonds. The second-order valence-electron chi connectivity index (χ2n) is 2.62. The Morgan fingerprint density at radius 3 is 2.15 bits per heavy atom. The predicted molar refractivity (Wildman–Crippen MR) is 53.7 cm³/mol. The predicted octanol–water partition coefficient (Wildman–Crippen LogP) is 0.286. The third-order valence-corrected chi connectivity index (χ3v) is 3.42. The first-order valence-electron chi connectivity index (χ1n) is 3.65. The third kappa shape index (κ3) is 2.82. The summed E-state index contributed by atoms with van der Waals surface area (Å²) in [4.78, 5) is 3.77. The summed E-state index contributed by atoms with van der Waals surface area (Å²) in [6.45, 7) is 4.99. The molecule has 0 saturated heterocycles. The summed E-state index contributed by atoms with van der Waals surface area (Å²) in [5, 5.41) is 0. The van der Waals surface area contributed by atoms with Gasteiger partial charge in [0, 0.05) is 27.3 Å². The van der Waals surface area contributed by atoms with Crippen LogP contribution in [-0.2, 0) is 10.2 Å². The molecule has 0 aliphatic carbocycles. The Hall–Kier alpha value is -0.880. The van der Waals surface area contributed by atoms with E-state index in [9.17, 15) is 8.42 Å². The van der Waals surface area contributed by atoms with Gasteiger partial charge < -0.3 is 0 Å². The van der Waals surface area contributed by atoms with Crippen molar-refractivity contribution in [3.63, 3.8) is 0 Å². The molecule has 0 radical (unpaired) electrons. The maximum atomic E-state index is 11.5. The molecule has 0 aromatic carbocycles. The van der Waals surface area contributed by atoms with Crippen LogP contribution in [0.25, 0.3) is 0 Å². The van der Waals surface area contributed by atoms with Crippen LogP contribution in [0.3, 0.4) is 0 Å². The molecule has 0 saturated carbocycles. The highest BCUT2D eigenvalue weighted by atomic mass is 32.2. The van der Waals surface area contributed by atoms with Crippen molar-refractivity contribution >= 4 is 16.0 Å². The monoisotopic (exact) mass is 205 g/mol. The second-order valence-corrected chi connectivity index (χ2v) is 4.79. The van der Waals surface area contributed by atoms with Gasteiger partial charge in [0.25, 0.3) is 0 Å². The molecule has 13 heavy (non-hydrogen) atoms. The minimum atomic E-state index is -3.41. The largest absolute Gasteiger partial charge is 0.304 e. The molecular formula is C7H15N3O2S. The zero-order valence-electron chi connectivity index (χ0n) is 8.35. The summed E-state index contributed by atoms with van der Waals surface area (Å²) >= 11 is 0. The van der Waals surface area contributed by atoms with Crippen molar-refractivity contribution in [3.8, 4) is 0 Å². The molecular weight excluding hydrogens is 190 g/mol. The lowest BCUT2D eigenvalue weighted by Crippen LogP contribution is -2.39. The molecule has 6 heteroatoms. The second kappa shape index (κ2) is 4.38. The number of amidine groups is 1. The normalized spacial score (nSPS) is 13.2. The van der Waals surface area contributed by atoms with Gasteiger partial charge in [-0.1, -0.05) is 6.58 Å². The highest BCUT2D eigenvalue weighted by Gasteiger charge is 2.20. The maximum Gasteiger partial charge on any atom is 0.304 e. The topological polar surface area (TPSA) is 53.0 Å². The van der Waals surface area contributed by atoms with Gasteiger partial charge >= 0.3 is 10.2 Å². The van der Waals surface area contributed by atoms with E-state index in [0.29, 0.717) is 5.84 Å². The number of rotatable bonds is 3. The van der Waals surface area contributed by atoms with E-state index >= 15 is 0 Å². The molecule has 0 aromatic heterocycles. The molecule has 0 atom stereocenters. The summed E-state index contributed by atoms with van der Waals surface area (Å²) in [6.07, 6.45) is 1.30. The highest BCUT2D eigenvalue weighted by molar-refractivity contribution is 7.87. The minimum Gasteiger partial charge on any atom is -0.248 e. The van der Waals surface area contributed by atoms with Crippen molar-refractivity contribution in [1.29, 1.82) is 0 Å². The molecule has 0 N–H and O–H groups in total. The van der Waals surface area contributed by atoms with Crippen LogP contribution in [-0.4, -0.2) is 44.0 Å². The van der Waals surface area contributed by atoms with Crippen molar-refractivity contribution < 1.29 is 8.42 Å². The molecule has 0 bridgehead atoms. The van der Waals surface area contributed by atoms with E-state index in [4.69, 9.17) is 0 Å². The Balaban J connectivity index is 4.91. The van der Waals surface area contributed by atoms with Crippen molar-refractivity contribution in [2.45, 2.75) is 6.92 Å². The Morgan fingerprint density at radius 2 is 1.85 bits per heavy atom.